The van der Waals surface area contributed by atoms with Crippen LogP contribution < -0.4 is 0 Å². The van der Waals surface area contributed by atoms with Gasteiger partial charge in [-0.3, -0.25) is 4.79 Å². The van der Waals surface area contributed by atoms with Crippen LogP contribution in [0.5, 0.6) is 0 Å². The molecule has 0 aliphatic carbocycles. The zero-order valence-electron chi connectivity index (χ0n) is 7.05. The Balaban J connectivity index is 2.58. The fourth-order valence-corrected chi connectivity index (χ4v) is 3.05. The van der Waals surface area contributed by atoms with Crippen molar-refractivity contribution in [2.75, 3.05) is 6.26 Å². The minimum absolute atomic E-state index is 0.470. The molecule has 1 aromatic rings. The average molecular weight is 236 g/mol. The van der Waals surface area contributed by atoms with E-state index >= 15 is 0 Å². The van der Waals surface area contributed by atoms with Crippen molar-refractivity contribution in [3.63, 3.8) is 0 Å². The number of hydrogen-bond donors (Lipinski definition) is 1. The van der Waals surface area contributed by atoms with Crippen LogP contribution >= 0.6 is 34.9 Å². The molecular formula is C6H8N2O2S3. The number of carbonyl (C=O) groups is 1. The number of nitrogens with zero attached hydrogens (tertiary/aromatic N) is 2. The number of aliphatic carboxylic acids is 1. The van der Waals surface area contributed by atoms with E-state index in [0.29, 0.717) is 4.34 Å². The van der Waals surface area contributed by atoms with Gasteiger partial charge >= 0.3 is 5.97 Å². The van der Waals surface area contributed by atoms with Crippen molar-refractivity contribution < 1.29 is 9.90 Å². The molecule has 0 aliphatic rings. The molecule has 1 heterocycles. The van der Waals surface area contributed by atoms with Gasteiger partial charge in [0.2, 0.25) is 0 Å². The van der Waals surface area contributed by atoms with E-state index < -0.39 is 11.2 Å². The van der Waals surface area contributed by atoms with Gasteiger partial charge in [-0.25, -0.2) is 0 Å². The highest BCUT2D eigenvalue weighted by Gasteiger charge is 2.15. The molecule has 1 rings (SSSR count). The zero-order chi connectivity index (χ0) is 9.84. The molecule has 1 aromatic heterocycles. The molecule has 0 spiro atoms. The third kappa shape index (κ3) is 3.17. The third-order valence-corrected chi connectivity index (χ3v) is 4.26. The molecule has 0 aliphatic heterocycles. The van der Waals surface area contributed by atoms with Gasteiger partial charge in [0, 0.05) is 0 Å². The van der Waals surface area contributed by atoms with E-state index in [1.807, 2.05) is 6.26 Å². The van der Waals surface area contributed by atoms with Crippen molar-refractivity contribution in [2.45, 2.75) is 20.9 Å². The van der Waals surface area contributed by atoms with E-state index in [1.54, 1.807) is 6.92 Å². The van der Waals surface area contributed by atoms with Gasteiger partial charge in [-0.2, -0.15) is 0 Å². The van der Waals surface area contributed by atoms with Crippen LogP contribution in [0.1, 0.15) is 6.92 Å². The van der Waals surface area contributed by atoms with Gasteiger partial charge in [0.25, 0.3) is 0 Å². The van der Waals surface area contributed by atoms with Crippen LogP contribution in [-0.4, -0.2) is 32.8 Å². The Morgan fingerprint density at radius 3 is 2.62 bits per heavy atom. The molecule has 0 saturated carbocycles. The molecule has 0 radical (unpaired) electrons. The van der Waals surface area contributed by atoms with E-state index in [4.69, 9.17) is 5.11 Å². The lowest BCUT2D eigenvalue weighted by molar-refractivity contribution is -0.136. The number of hydrogen-bond acceptors (Lipinski definition) is 6. The van der Waals surface area contributed by atoms with Crippen molar-refractivity contribution in [1.29, 1.82) is 0 Å². The molecule has 0 bridgehead atoms. The van der Waals surface area contributed by atoms with E-state index in [1.165, 1.54) is 34.9 Å². The number of carboxylic acid groups (broad SMARTS) is 1. The summed E-state index contributed by atoms with van der Waals surface area (Å²) in [4.78, 5) is 10.5. The summed E-state index contributed by atoms with van der Waals surface area (Å²) in [7, 11) is 0. The predicted octanol–water partition coefficient (Wildman–Crippen LogP) is 1.83. The molecule has 0 aromatic carbocycles. The Hall–Kier alpha value is -0.270. The normalized spacial score (nSPS) is 12.8. The largest absolute Gasteiger partial charge is 0.480 e. The predicted molar refractivity (Wildman–Crippen MR) is 54.6 cm³/mol. The number of aromatic nitrogens is 2. The highest BCUT2D eigenvalue weighted by Crippen LogP contribution is 2.29. The Morgan fingerprint density at radius 2 is 2.15 bits per heavy atom. The second-order valence-corrected chi connectivity index (χ2v) is 5.76. The summed E-state index contributed by atoms with van der Waals surface area (Å²) in [5.74, 6) is -0.828. The van der Waals surface area contributed by atoms with Crippen molar-refractivity contribution in [1.82, 2.24) is 10.2 Å². The maximum atomic E-state index is 10.5. The van der Waals surface area contributed by atoms with Gasteiger partial charge in [0.05, 0.1) is 0 Å². The first-order chi connectivity index (χ1) is 6.13. The van der Waals surface area contributed by atoms with Crippen molar-refractivity contribution >= 4 is 40.8 Å². The molecule has 1 N–H and O–H groups in total. The quantitative estimate of drug-likeness (QED) is 0.805. The smallest absolute Gasteiger partial charge is 0.316 e. The van der Waals surface area contributed by atoms with E-state index in [-0.39, 0.29) is 0 Å². The Morgan fingerprint density at radius 1 is 1.54 bits per heavy atom. The summed E-state index contributed by atoms with van der Waals surface area (Å²) in [5, 5.41) is 15.9. The van der Waals surface area contributed by atoms with E-state index in [9.17, 15) is 4.79 Å². The fraction of sp³-hybridized carbons (Fsp3) is 0.500. The molecule has 0 fully saturated rings. The summed E-state index contributed by atoms with van der Waals surface area (Å²) in [6.45, 7) is 1.63. The zero-order valence-corrected chi connectivity index (χ0v) is 9.50. The van der Waals surface area contributed by atoms with Gasteiger partial charge < -0.3 is 5.11 Å². The molecule has 1 atom stereocenters. The topological polar surface area (TPSA) is 63.1 Å². The van der Waals surface area contributed by atoms with E-state index in [2.05, 4.69) is 10.2 Å². The summed E-state index contributed by atoms with van der Waals surface area (Å²) < 4.78 is 1.57. The standard InChI is InChI=1S/C6H8N2O2S3/c1-3(4(9)10)12-6-8-7-5(11-2)13-6/h3H,1-2H3,(H,9,10). The monoisotopic (exact) mass is 236 g/mol. The van der Waals surface area contributed by atoms with Crippen LogP contribution in [0.25, 0.3) is 0 Å². The molecule has 0 amide bonds. The highest BCUT2D eigenvalue weighted by atomic mass is 32.2. The van der Waals surface area contributed by atoms with Crippen LogP contribution in [0, 0.1) is 0 Å². The minimum atomic E-state index is -0.828. The maximum absolute atomic E-state index is 10.5. The first-order valence-electron chi connectivity index (χ1n) is 3.40. The first kappa shape index (κ1) is 10.8. The molecular weight excluding hydrogens is 228 g/mol. The SMILES string of the molecule is CSc1nnc(SC(C)C(=O)O)s1. The molecule has 72 valence electrons. The lowest BCUT2D eigenvalue weighted by atomic mass is 10.5. The molecule has 1 unspecified atom stereocenters. The summed E-state index contributed by atoms with van der Waals surface area (Å²) >= 11 is 4.15. The summed E-state index contributed by atoms with van der Waals surface area (Å²) in [5.41, 5.74) is 0. The van der Waals surface area contributed by atoms with Crippen molar-refractivity contribution in [3.8, 4) is 0 Å². The lowest BCUT2D eigenvalue weighted by Crippen LogP contribution is -2.10. The van der Waals surface area contributed by atoms with Gasteiger partial charge in [-0.15, -0.1) is 10.2 Å². The van der Waals surface area contributed by atoms with E-state index in [0.717, 1.165) is 4.34 Å². The maximum Gasteiger partial charge on any atom is 0.316 e. The van der Waals surface area contributed by atoms with Crippen molar-refractivity contribution in [3.05, 3.63) is 0 Å². The van der Waals surface area contributed by atoms with Gasteiger partial charge in [-0.05, 0) is 13.2 Å². The number of carboxylic acids is 1. The van der Waals surface area contributed by atoms with Crippen LogP contribution in [0.15, 0.2) is 8.68 Å². The van der Waals surface area contributed by atoms with Gasteiger partial charge in [0.1, 0.15) is 5.25 Å². The molecule has 13 heavy (non-hydrogen) atoms. The second kappa shape index (κ2) is 4.83. The number of rotatable bonds is 4. The second-order valence-electron chi connectivity index (χ2n) is 2.14. The average Bonchev–Trinajstić information content (AvgIpc) is 2.52. The molecule has 0 saturated heterocycles. The van der Waals surface area contributed by atoms with Crippen molar-refractivity contribution in [2.24, 2.45) is 0 Å². The van der Waals surface area contributed by atoms with Crippen LogP contribution in [0.2, 0.25) is 0 Å². The molecule has 7 heteroatoms. The third-order valence-electron chi connectivity index (χ3n) is 1.19. The fourth-order valence-electron chi connectivity index (χ4n) is 0.529. The Bertz CT molecular complexity index is 302. The minimum Gasteiger partial charge on any atom is -0.480 e. The van der Waals surface area contributed by atoms with Crippen LogP contribution in [0.4, 0.5) is 0 Å². The summed E-state index contributed by atoms with van der Waals surface area (Å²) in [6.07, 6.45) is 1.91. The Labute approximate surface area is 88.1 Å². The molecule has 4 nitrogen and oxygen atoms in total. The van der Waals surface area contributed by atoms with Crippen LogP contribution in [0.3, 0.4) is 0 Å². The summed E-state index contributed by atoms with van der Waals surface area (Å²) in [6, 6.07) is 0. The highest BCUT2D eigenvalue weighted by molar-refractivity contribution is 8.03. The van der Waals surface area contributed by atoms with Crippen LogP contribution in [-0.2, 0) is 4.79 Å². The van der Waals surface area contributed by atoms with Gasteiger partial charge in [-0.1, -0.05) is 34.9 Å². The first-order valence-corrected chi connectivity index (χ1v) is 6.32. The number of thioether (sulfide) groups is 2. The lowest BCUT2D eigenvalue weighted by Gasteiger charge is -1.99. The Kier molecular flexibility index (Phi) is 4.01. The van der Waals surface area contributed by atoms with Gasteiger partial charge in [0.15, 0.2) is 8.68 Å².